The molecule has 0 aliphatic heterocycles. The summed E-state index contributed by atoms with van der Waals surface area (Å²) >= 11 is 0. The molecule has 0 aromatic carbocycles. The van der Waals surface area contributed by atoms with Crippen molar-refractivity contribution in [2.24, 2.45) is 0 Å². The fraction of sp³-hybridized carbons (Fsp3) is 0.667. The molecule has 5 heavy (non-hydrogen) atoms. The van der Waals surface area contributed by atoms with Crippen molar-refractivity contribution in [3.05, 3.63) is 0 Å². The average Bonchev–Trinajstić information content (AvgIpc) is 0.811. The van der Waals surface area contributed by atoms with Gasteiger partial charge in [-0.05, 0) is 24.8 Å². The first-order valence-electron chi connectivity index (χ1n) is 1.20. The zero-order chi connectivity index (χ0) is 3.58. The quantitative estimate of drug-likeness (QED) is 0.354. The summed E-state index contributed by atoms with van der Waals surface area (Å²) in [6, 6.07) is 0. The lowest BCUT2D eigenvalue weighted by Crippen LogP contribution is -1.69. The monoisotopic (exact) mass is 90.1 g/mol. The molecular weight excluding hydrogens is 80.1 g/mol. The molecule has 0 radical (unpaired) electrons. The van der Waals surface area contributed by atoms with Crippen LogP contribution in [0.25, 0.3) is 0 Å². The number of hydrogen-bond donors (Lipinski definition) is 0. The van der Waals surface area contributed by atoms with Gasteiger partial charge in [0.1, 0.15) is 5.78 Å². The van der Waals surface area contributed by atoms with Crippen molar-refractivity contribution in [1.29, 1.82) is 0 Å². The van der Waals surface area contributed by atoms with Gasteiger partial charge in [-0.25, -0.2) is 0 Å². The molecule has 0 unspecified atom stereocenters. The molecular formula is C3H10OSi. The lowest BCUT2D eigenvalue weighted by Gasteiger charge is -1.56. The Morgan fingerprint density at radius 1 is 1.40 bits per heavy atom. The molecule has 0 atom stereocenters. The van der Waals surface area contributed by atoms with Crippen LogP contribution >= 0.6 is 0 Å². The molecule has 0 bridgehead atoms. The number of hydrogen-bond acceptors (Lipinski definition) is 1. The average molecular weight is 90.2 g/mol. The lowest BCUT2D eigenvalue weighted by molar-refractivity contribution is -0.114. The summed E-state index contributed by atoms with van der Waals surface area (Å²) < 4.78 is 0. The number of Topliss-reactive ketones (excluding diaryl/α,β-unsaturated/α-hetero) is 1. The van der Waals surface area contributed by atoms with Crippen LogP contribution in [0.15, 0.2) is 0 Å². The number of carbonyl (C=O) groups is 1. The maximum atomic E-state index is 9.44. The highest BCUT2D eigenvalue weighted by Gasteiger charge is 1.62. The molecule has 0 N–H and O–H groups in total. The van der Waals surface area contributed by atoms with Crippen LogP contribution in [0.3, 0.4) is 0 Å². The molecule has 0 saturated carbocycles. The molecule has 2 heteroatoms. The van der Waals surface area contributed by atoms with Gasteiger partial charge in [-0.15, -0.1) is 0 Å². The van der Waals surface area contributed by atoms with Crippen LogP contribution in [-0.4, -0.2) is 16.7 Å². The van der Waals surface area contributed by atoms with Crippen LogP contribution in [-0.2, 0) is 4.79 Å². The van der Waals surface area contributed by atoms with E-state index < -0.39 is 0 Å². The summed E-state index contributed by atoms with van der Waals surface area (Å²) in [5, 5.41) is 0. The van der Waals surface area contributed by atoms with E-state index >= 15 is 0 Å². The Hall–Kier alpha value is -0.113. The van der Waals surface area contributed by atoms with E-state index in [1.807, 2.05) is 0 Å². The predicted octanol–water partition coefficient (Wildman–Crippen LogP) is -0.856. The van der Waals surface area contributed by atoms with E-state index in [2.05, 4.69) is 0 Å². The van der Waals surface area contributed by atoms with Crippen molar-refractivity contribution in [3.8, 4) is 0 Å². The van der Waals surface area contributed by atoms with E-state index in [-0.39, 0.29) is 16.7 Å². The van der Waals surface area contributed by atoms with Gasteiger partial charge in [-0.3, -0.25) is 0 Å². The summed E-state index contributed by atoms with van der Waals surface area (Å²) in [6.07, 6.45) is 0. The highest BCUT2D eigenvalue weighted by atomic mass is 28.1. The van der Waals surface area contributed by atoms with Crippen LogP contribution < -0.4 is 0 Å². The SMILES string of the molecule is CC(C)=O.[SiH4]. The summed E-state index contributed by atoms with van der Waals surface area (Å²) in [4.78, 5) is 9.44. The Balaban J connectivity index is 0. The number of rotatable bonds is 0. The molecule has 0 aliphatic carbocycles. The molecule has 0 fully saturated rings. The molecule has 0 spiro atoms. The Morgan fingerprint density at radius 2 is 1.40 bits per heavy atom. The van der Waals surface area contributed by atoms with Crippen LogP contribution in [0, 0.1) is 0 Å². The first-order valence-corrected chi connectivity index (χ1v) is 1.20. The van der Waals surface area contributed by atoms with Crippen LogP contribution in [0.4, 0.5) is 0 Å². The van der Waals surface area contributed by atoms with Crippen molar-refractivity contribution in [1.82, 2.24) is 0 Å². The molecule has 0 aromatic heterocycles. The third kappa shape index (κ3) is 1080. The molecule has 0 saturated heterocycles. The predicted molar refractivity (Wildman–Crippen MR) is 27.7 cm³/mol. The van der Waals surface area contributed by atoms with Crippen molar-refractivity contribution in [2.75, 3.05) is 0 Å². The maximum absolute atomic E-state index is 9.44. The topological polar surface area (TPSA) is 17.1 Å². The van der Waals surface area contributed by atoms with Gasteiger partial charge in [-0.2, -0.15) is 0 Å². The van der Waals surface area contributed by atoms with Gasteiger partial charge >= 0.3 is 0 Å². The van der Waals surface area contributed by atoms with E-state index in [9.17, 15) is 4.79 Å². The minimum Gasteiger partial charge on any atom is -0.300 e. The van der Waals surface area contributed by atoms with Gasteiger partial charge in [0.15, 0.2) is 0 Å². The zero-order valence-electron chi connectivity index (χ0n) is 2.91. The van der Waals surface area contributed by atoms with E-state index in [0.29, 0.717) is 0 Å². The lowest BCUT2D eigenvalue weighted by atomic mass is 10.6. The maximum Gasteiger partial charge on any atom is 0.126 e. The number of carbonyl (C=O) groups excluding carboxylic acids is 1. The molecule has 1 nitrogen and oxygen atoms in total. The summed E-state index contributed by atoms with van der Waals surface area (Å²) in [5.41, 5.74) is 0. The van der Waals surface area contributed by atoms with E-state index in [4.69, 9.17) is 0 Å². The Morgan fingerprint density at radius 3 is 1.40 bits per heavy atom. The van der Waals surface area contributed by atoms with Crippen LogP contribution in [0.2, 0.25) is 0 Å². The highest BCUT2D eigenvalue weighted by Crippen LogP contribution is 1.50. The molecule has 32 valence electrons. The largest absolute Gasteiger partial charge is 0.300 e. The van der Waals surface area contributed by atoms with Crippen molar-refractivity contribution < 1.29 is 4.79 Å². The zero-order valence-corrected chi connectivity index (χ0v) is 2.91. The number of ketones is 1. The second kappa shape index (κ2) is 3.89. The standard InChI is InChI=1S/C3H6O.H4Si/c1-3(2)4;/h1-2H3;1H4. The minimum absolute atomic E-state index is 0. The Bertz CT molecular complexity index is 29.9. The van der Waals surface area contributed by atoms with Gasteiger partial charge in [-0.1, -0.05) is 0 Å². The second-order valence-electron chi connectivity index (χ2n) is 0.908. The molecule has 0 rings (SSSR count). The van der Waals surface area contributed by atoms with Gasteiger partial charge in [0.2, 0.25) is 0 Å². The fourth-order valence-corrected chi connectivity index (χ4v) is 0. The van der Waals surface area contributed by atoms with Gasteiger partial charge in [0, 0.05) is 0 Å². The van der Waals surface area contributed by atoms with Gasteiger partial charge in [0.05, 0.1) is 0 Å². The molecule has 0 amide bonds. The minimum atomic E-state index is 0. The smallest absolute Gasteiger partial charge is 0.126 e. The first kappa shape index (κ1) is 8.86. The molecule has 0 aliphatic rings. The van der Waals surface area contributed by atoms with E-state index in [1.54, 1.807) is 0 Å². The highest BCUT2D eigenvalue weighted by molar-refractivity contribution is 5.75. The van der Waals surface area contributed by atoms with Crippen LogP contribution in [0.1, 0.15) is 13.8 Å². The van der Waals surface area contributed by atoms with Crippen molar-refractivity contribution in [2.45, 2.75) is 13.8 Å². The van der Waals surface area contributed by atoms with E-state index in [1.165, 1.54) is 13.8 Å². The Kier molecular flexibility index (Phi) is 6.89. The second-order valence-corrected chi connectivity index (χ2v) is 0.908. The Labute approximate surface area is 36.4 Å². The van der Waals surface area contributed by atoms with Gasteiger partial charge < -0.3 is 4.79 Å². The summed E-state index contributed by atoms with van der Waals surface area (Å²) in [7, 11) is 0. The van der Waals surface area contributed by atoms with E-state index in [0.717, 1.165) is 0 Å². The summed E-state index contributed by atoms with van der Waals surface area (Å²) in [6.45, 7) is 3.06. The summed E-state index contributed by atoms with van der Waals surface area (Å²) in [5.74, 6) is 0.167. The third-order valence-corrected chi connectivity index (χ3v) is 0. The fourth-order valence-electron chi connectivity index (χ4n) is 0. The first-order chi connectivity index (χ1) is 1.73. The molecule has 0 heterocycles. The van der Waals surface area contributed by atoms with Crippen molar-refractivity contribution in [3.63, 3.8) is 0 Å². The third-order valence-electron chi connectivity index (χ3n) is 0. The van der Waals surface area contributed by atoms with Crippen LogP contribution in [0.5, 0.6) is 0 Å². The van der Waals surface area contributed by atoms with Gasteiger partial charge in [0.25, 0.3) is 0 Å². The normalized spacial score (nSPS) is 5.20. The molecule has 0 aromatic rings. The van der Waals surface area contributed by atoms with Crippen molar-refractivity contribution >= 4 is 16.7 Å².